The van der Waals surface area contributed by atoms with Crippen LogP contribution >= 0.6 is 67.8 Å². The van der Waals surface area contributed by atoms with Crippen LogP contribution < -0.4 is 0 Å². The number of hydrogen-bond donors (Lipinski definition) is 1. The monoisotopic (exact) mass is 687 g/mol. The van der Waals surface area contributed by atoms with Crippen molar-refractivity contribution in [3.63, 3.8) is 0 Å². The van der Waals surface area contributed by atoms with Gasteiger partial charge in [0.2, 0.25) is 0 Å². The summed E-state index contributed by atoms with van der Waals surface area (Å²) in [6.07, 6.45) is 0.782. The molecule has 2 unspecified atom stereocenters. The second-order valence-electron chi connectivity index (χ2n) is 5.69. The van der Waals surface area contributed by atoms with Gasteiger partial charge in [-0.1, -0.05) is 20.8 Å². The van der Waals surface area contributed by atoms with Crippen LogP contribution in [0, 0.1) is 16.6 Å². The fraction of sp³-hybridized carbons (Fsp3) is 0.529. The fourth-order valence-electron chi connectivity index (χ4n) is 1.75. The number of ether oxygens (including phenoxy) is 2. The molecule has 140 valence electrons. The van der Waals surface area contributed by atoms with Crippen LogP contribution in [0.15, 0.2) is 6.07 Å². The highest BCUT2D eigenvalue weighted by Crippen LogP contribution is 2.29. The number of carbonyl (C=O) groups excluding carboxylic acids is 2. The number of aliphatic hydroxyl groups excluding tert-OH is 1. The first-order valence-electron chi connectivity index (χ1n) is 7.94. The maximum absolute atomic E-state index is 12.4. The van der Waals surface area contributed by atoms with E-state index in [0.29, 0.717) is 33.6 Å². The molecule has 25 heavy (non-hydrogen) atoms. The molecule has 0 saturated heterocycles. The Hall–Kier alpha value is 0.310. The summed E-state index contributed by atoms with van der Waals surface area (Å²) in [4.78, 5) is 22.8. The van der Waals surface area contributed by atoms with E-state index in [1.54, 1.807) is 6.07 Å². The number of rotatable bonds is 8. The van der Waals surface area contributed by atoms with Crippen molar-refractivity contribution in [3.8, 4) is 0 Å². The van der Waals surface area contributed by atoms with Gasteiger partial charge < -0.3 is 19.4 Å². The van der Waals surface area contributed by atoms with Gasteiger partial charge in [-0.25, -0.2) is 4.79 Å². The van der Waals surface area contributed by atoms with Crippen molar-refractivity contribution in [1.29, 1.82) is 0 Å². The minimum absolute atomic E-state index is 0.0526. The molecule has 0 bridgehead atoms. The van der Waals surface area contributed by atoms with E-state index in [0.717, 1.165) is 13.6 Å². The predicted molar refractivity (Wildman–Crippen MR) is 123 cm³/mol. The Kier molecular flexibility index (Phi) is 10.5. The van der Waals surface area contributed by atoms with Crippen molar-refractivity contribution in [1.82, 2.24) is 0 Å². The summed E-state index contributed by atoms with van der Waals surface area (Å²) < 4.78 is 12.8. The highest BCUT2D eigenvalue weighted by molar-refractivity contribution is 14.1. The van der Waals surface area contributed by atoms with E-state index in [2.05, 4.69) is 52.1 Å². The van der Waals surface area contributed by atoms with E-state index in [9.17, 15) is 14.7 Å². The molecule has 1 aromatic rings. The first-order chi connectivity index (χ1) is 11.7. The third kappa shape index (κ3) is 6.76. The third-order valence-electron chi connectivity index (χ3n) is 3.67. The van der Waals surface area contributed by atoms with E-state index in [4.69, 9.17) is 9.47 Å². The molecule has 0 aromatic heterocycles. The van der Waals surface area contributed by atoms with Crippen molar-refractivity contribution >= 4 is 79.7 Å². The molecule has 8 heteroatoms. The van der Waals surface area contributed by atoms with Crippen molar-refractivity contribution in [2.75, 3.05) is 13.2 Å². The molecule has 0 heterocycles. The molecule has 0 spiro atoms. The Morgan fingerprint density at radius 1 is 1.12 bits per heavy atom. The van der Waals surface area contributed by atoms with Crippen LogP contribution in [0.3, 0.4) is 0 Å². The van der Waals surface area contributed by atoms with E-state index >= 15 is 0 Å². The molecule has 1 rings (SSSR count). The van der Waals surface area contributed by atoms with Crippen LogP contribution in [0.1, 0.15) is 49.5 Å². The molecule has 2 atom stereocenters. The predicted octanol–water partition coefficient (Wildman–Crippen LogP) is 4.34. The van der Waals surface area contributed by atoms with Gasteiger partial charge in [0, 0.05) is 13.1 Å². The molecule has 0 saturated carbocycles. The van der Waals surface area contributed by atoms with E-state index in [-0.39, 0.29) is 12.6 Å². The number of aliphatic hydroxyl groups is 1. The summed E-state index contributed by atoms with van der Waals surface area (Å²) in [6, 6.07) is 1.80. The number of benzene rings is 1. The van der Waals surface area contributed by atoms with Gasteiger partial charge in [0.15, 0.2) is 6.61 Å². The second kappa shape index (κ2) is 11.2. The molecule has 0 aliphatic carbocycles. The summed E-state index contributed by atoms with van der Waals surface area (Å²) >= 11 is 6.20. The van der Waals surface area contributed by atoms with Gasteiger partial charge in [0.05, 0.1) is 15.2 Å². The molecule has 5 nitrogen and oxygen atoms in total. The molecule has 0 aliphatic heterocycles. The molecule has 0 fully saturated rings. The third-order valence-corrected chi connectivity index (χ3v) is 6.45. The zero-order valence-corrected chi connectivity index (χ0v) is 20.8. The molecular formula is C17H22I3O5+. The molecule has 0 amide bonds. The molecule has 0 aliphatic rings. The molecule has 1 aromatic carbocycles. The van der Waals surface area contributed by atoms with Crippen molar-refractivity contribution in [2.24, 2.45) is 5.92 Å². The van der Waals surface area contributed by atoms with Gasteiger partial charge in [0.1, 0.15) is 12.2 Å². The number of carbonyl (C=O) groups is 1. The highest BCUT2D eigenvalue weighted by atomic mass is 127. The van der Waals surface area contributed by atoms with Crippen LogP contribution in [0.4, 0.5) is 0 Å². The summed E-state index contributed by atoms with van der Waals surface area (Å²) in [6.45, 7) is 6.27. The smallest absolute Gasteiger partial charge is 0.459 e. The average Bonchev–Trinajstić information content (AvgIpc) is 2.56. The molecular weight excluding hydrogens is 665 g/mol. The van der Waals surface area contributed by atoms with Crippen molar-refractivity contribution in [3.05, 3.63) is 27.9 Å². The first kappa shape index (κ1) is 23.3. The van der Waals surface area contributed by atoms with Gasteiger partial charge in [-0.15, -0.1) is 0 Å². The highest BCUT2D eigenvalue weighted by Gasteiger charge is 2.30. The number of esters is 2. The van der Waals surface area contributed by atoms with E-state index in [1.165, 1.54) is 0 Å². The Morgan fingerprint density at radius 2 is 1.72 bits per heavy atom. The summed E-state index contributed by atoms with van der Waals surface area (Å²) in [5.74, 6) is -0.386. The minimum Gasteiger partial charge on any atom is -0.459 e. The van der Waals surface area contributed by atoms with E-state index < -0.39 is 12.1 Å². The maximum Gasteiger partial charge on any atom is 0.519 e. The standard InChI is InChI=1S/C17H21I3O5/c1-4-9(3)7-24-16(22)13-11(18)6-12(19)14(15(13)20)17(23)25-8-10(21)5-2/h6,9-10,21H,4-5,7-8H2,1-3H3/p+1. The summed E-state index contributed by atoms with van der Waals surface area (Å²) in [7, 11) is 0. The van der Waals surface area contributed by atoms with Crippen molar-refractivity contribution < 1.29 is 24.2 Å². The average molecular weight is 687 g/mol. The lowest BCUT2D eigenvalue weighted by Gasteiger charge is -2.13. The fourth-order valence-corrected chi connectivity index (χ4v) is 6.02. The first-order valence-corrected chi connectivity index (χ1v) is 11.2. The number of hydrogen-bond acceptors (Lipinski definition) is 4. The van der Waals surface area contributed by atoms with Crippen LogP contribution in [-0.2, 0) is 9.47 Å². The lowest BCUT2D eigenvalue weighted by atomic mass is 10.1. The van der Waals surface area contributed by atoms with Gasteiger partial charge in [-0.3, -0.25) is 0 Å². The molecule has 0 radical (unpaired) electrons. The van der Waals surface area contributed by atoms with Gasteiger partial charge in [-0.2, -0.15) is 0 Å². The largest absolute Gasteiger partial charge is 0.519 e. The van der Waals surface area contributed by atoms with Gasteiger partial charge >= 0.3 is 11.9 Å². The minimum atomic E-state index is -0.679. The Labute approximate surface area is 189 Å². The van der Waals surface area contributed by atoms with E-state index in [1.807, 2.05) is 36.4 Å². The van der Waals surface area contributed by atoms with Crippen LogP contribution in [0.25, 0.3) is 0 Å². The van der Waals surface area contributed by atoms with Crippen LogP contribution in [-0.4, -0.2) is 41.2 Å². The number of halogens is 3. The topological polar surface area (TPSA) is 77.2 Å². The molecule has 2 N–H and O–H groups in total. The Bertz CT molecular complexity index is 583. The Morgan fingerprint density at radius 3 is 2.28 bits per heavy atom. The maximum atomic E-state index is 12.4. The zero-order valence-electron chi connectivity index (χ0n) is 14.3. The van der Waals surface area contributed by atoms with Gasteiger partial charge in [-0.05, 0) is 86.7 Å². The summed E-state index contributed by atoms with van der Waals surface area (Å²) in [5.41, 5.74) is 0.867. The van der Waals surface area contributed by atoms with Crippen LogP contribution in [0.2, 0.25) is 0 Å². The lowest BCUT2D eigenvalue weighted by Crippen LogP contribution is -2.21. The zero-order chi connectivity index (χ0) is 19.1. The van der Waals surface area contributed by atoms with Crippen LogP contribution in [0.5, 0.6) is 0 Å². The normalized spacial score (nSPS) is 13.2. The van der Waals surface area contributed by atoms with Crippen molar-refractivity contribution in [2.45, 2.75) is 39.7 Å². The quantitative estimate of drug-likeness (QED) is 0.251. The summed E-state index contributed by atoms with van der Waals surface area (Å²) in [5, 5.41) is 9.58. The second-order valence-corrected chi connectivity index (χ2v) is 9.10. The van der Waals surface area contributed by atoms with Gasteiger partial charge in [0.25, 0.3) is 0 Å². The lowest BCUT2D eigenvalue weighted by molar-refractivity contribution is 0.0248. The Balaban J connectivity index is 3.08. The SMILES string of the molecule is CCC(C)COC(=[OH+])c1c(I)cc(I)c(C(=O)OCC(O)CC)c1I.